The molecular weight excluding hydrogens is 258 g/mol. The van der Waals surface area contributed by atoms with Crippen molar-refractivity contribution in [1.29, 1.82) is 0 Å². The minimum Gasteiger partial charge on any atom is -0.394 e. The lowest BCUT2D eigenvalue weighted by atomic mass is 10.2. The number of ether oxygens (including phenoxy) is 1. The highest BCUT2D eigenvalue weighted by molar-refractivity contribution is 5.92. The van der Waals surface area contributed by atoms with Crippen LogP contribution in [0.5, 0.6) is 0 Å². The molecule has 1 fully saturated rings. The van der Waals surface area contributed by atoms with Crippen molar-refractivity contribution in [3.8, 4) is 0 Å². The third-order valence-corrected chi connectivity index (χ3v) is 3.26. The molecule has 1 unspecified atom stereocenters. The molecule has 6 nitrogen and oxygen atoms in total. The van der Waals surface area contributed by atoms with Gasteiger partial charge in [-0.15, -0.1) is 0 Å². The Hall–Kier alpha value is -1.66. The zero-order valence-corrected chi connectivity index (χ0v) is 11.7. The van der Waals surface area contributed by atoms with Gasteiger partial charge in [-0.3, -0.25) is 4.79 Å². The largest absolute Gasteiger partial charge is 0.394 e. The van der Waals surface area contributed by atoms with Crippen LogP contribution in [0.25, 0.3) is 0 Å². The van der Waals surface area contributed by atoms with Gasteiger partial charge in [0.15, 0.2) is 0 Å². The molecule has 1 aromatic heterocycles. The highest BCUT2D eigenvalue weighted by Crippen LogP contribution is 2.13. The monoisotopic (exact) mass is 279 g/mol. The Bertz CT molecular complexity index is 436. The number of aromatic nitrogens is 1. The van der Waals surface area contributed by atoms with Crippen LogP contribution in [-0.4, -0.2) is 59.8 Å². The van der Waals surface area contributed by atoms with Crippen molar-refractivity contribution in [2.75, 3.05) is 38.2 Å². The van der Waals surface area contributed by atoms with E-state index in [1.807, 2.05) is 6.07 Å². The predicted octanol–water partition coefficient (Wildman–Crippen LogP) is 0.737. The van der Waals surface area contributed by atoms with Crippen LogP contribution >= 0.6 is 0 Å². The van der Waals surface area contributed by atoms with Gasteiger partial charge in [0.05, 0.1) is 37.7 Å². The lowest BCUT2D eigenvalue weighted by Gasteiger charge is -2.34. The molecule has 20 heavy (non-hydrogen) atoms. The van der Waals surface area contributed by atoms with Gasteiger partial charge in [0.25, 0.3) is 5.91 Å². The summed E-state index contributed by atoms with van der Waals surface area (Å²) in [5.41, 5.74) is 1.30. The first kappa shape index (κ1) is 14.7. The molecule has 1 aromatic rings. The predicted molar refractivity (Wildman–Crippen MR) is 75.7 cm³/mol. The third-order valence-electron chi connectivity index (χ3n) is 3.26. The van der Waals surface area contributed by atoms with Crippen LogP contribution in [0.2, 0.25) is 0 Å². The molecule has 0 bridgehead atoms. The van der Waals surface area contributed by atoms with Crippen molar-refractivity contribution < 1.29 is 14.6 Å². The van der Waals surface area contributed by atoms with Gasteiger partial charge in [0.1, 0.15) is 5.69 Å². The number of carbonyl (C=O) groups excluding carboxylic acids is 1. The Morgan fingerprint density at radius 2 is 2.45 bits per heavy atom. The smallest absolute Gasteiger partial charge is 0.272 e. The maximum absolute atomic E-state index is 12.4. The van der Waals surface area contributed by atoms with Crippen LogP contribution in [0.4, 0.5) is 5.69 Å². The molecule has 6 heteroatoms. The topological polar surface area (TPSA) is 74.7 Å². The summed E-state index contributed by atoms with van der Waals surface area (Å²) < 4.78 is 5.27. The lowest BCUT2D eigenvalue weighted by molar-refractivity contribution is -0.0186. The molecule has 0 saturated carbocycles. The van der Waals surface area contributed by atoms with E-state index in [2.05, 4.69) is 17.2 Å². The number of hydrogen-bond acceptors (Lipinski definition) is 5. The van der Waals surface area contributed by atoms with Gasteiger partial charge >= 0.3 is 0 Å². The number of nitrogens with one attached hydrogen (secondary N) is 1. The first-order valence-electron chi connectivity index (χ1n) is 6.95. The summed E-state index contributed by atoms with van der Waals surface area (Å²) in [7, 11) is 0. The fourth-order valence-electron chi connectivity index (χ4n) is 2.11. The summed E-state index contributed by atoms with van der Waals surface area (Å²) in [4.78, 5) is 18.2. The minimum atomic E-state index is -0.282. The number of carbonyl (C=O) groups is 1. The number of anilines is 1. The molecule has 0 spiro atoms. The molecule has 1 atom stereocenters. The normalized spacial score (nSPS) is 18.9. The van der Waals surface area contributed by atoms with Crippen molar-refractivity contribution in [2.45, 2.75) is 19.4 Å². The first-order chi connectivity index (χ1) is 9.76. The summed E-state index contributed by atoms with van der Waals surface area (Å²) in [6.07, 6.45) is 2.70. The summed E-state index contributed by atoms with van der Waals surface area (Å²) in [6.45, 7) is 4.23. The number of amides is 1. The molecule has 0 aromatic carbocycles. The highest BCUT2D eigenvalue weighted by Gasteiger charge is 2.28. The van der Waals surface area contributed by atoms with Crippen molar-refractivity contribution in [1.82, 2.24) is 9.88 Å². The second kappa shape index (κ2) is 7.21. The Kier molecular flexibility index (Phi) is 5.31. The Labute approximate surface area is 118 Å². The molecule has 2 rings (SSSR count). The zero-order valence-electron chi connectivity index (χ0n) is 11.7. The van der Waals surface area contributed by atoms with Gasteiger partial charge in [0.2, 0.25) is 0 Å². The van der Waals surface area contributed by atoms with Crippen molar-refractivity contribution in [2.24, 2.45) is 0 Å². The number of nitrogens with zero attached hydrogens (tertiary/aromatic N) is 2. The van der Waals surface area contributed by atoms with E-state index in [0.29, 0.717) is 25.5 Å². The Morgan fingerprint density at radius 3 is 3.10 bits per heavy atom. The van der Waals surface area contributed by atoms with E-state index in [0.717, 1.165) is 18.7 Å². The van der Waals surface area contributed by atoms with Crippen LogP contribution in [0.15, 0.2) is 18.3 Å². The quantitative estimate of drug-likeness (QED) is 0.831. The number of hydrogen-bond donors (Lipinski definition) is 2. The zero-order chi connectivity index (χ0) is 14.4. The molecule has 0 radical (unpaired) electrons. The molecule has 1 aliphatic heterocycles. The van der Waals surface area contributed by atoms with Crippen LogP contribution in [0.1, 0.15) is 23.8 Å². The maximum Gasteiger partial charge on any atom is 0.272 e. The number of rotatable bonds is 5. The molecule has 1 aliphatic rings. The van der Waals surface area contributed by atoms with Crippen molar-refractivity contribution in [3.05, 3.63) is 24.0 Å². The van der Waals surface area contributed by atoms with E-state index >= 15 is 0 Å². The van der Waals surface area contributed by atoms with Crippen LogP contribution in [0.3, 0.4) is 0 Å². The van der Waals surface area contributed by atoms with Crippen LogP contribution in [-0.2, 0) is 4.74 Å². The molecule has 2 heterocycles. The molecule has 2 N–H and O–H groups in total. The molecular formula is C14H21N3O3. The molecule has 0 aliphatic carbocycles. The molecule has 1 amide bonds. The second-order valence-corrected chi connectivity index (χ2v) is 4.77. The van der Waals surface area contributed by atoms with Crippen LogP contribution < -0.4 is 5.32 Å². The van der Waals surface area contributed by atoms with E-state index in [-0.39, 0.29) is 18.6 Å². The van der Waals surface area contributed by atoms with E-state index in [4.69, 9.17) is 4.74 Å². The van der Waals surface area contributed by atoms with E-state index in [1.54, 1.807) is 17.2 Å². The lowest BCUT2D eigenvalue weighted by Crippen LogP contribution is -2.50. The van der Waals surface area contributed by atoms with Crippen molar-refractivity contribution >= 4 is 11.6 Å². The van der Waals surface area contributed by atoms with Gasteiger partial charge in [0, 0.05) is 13.1 Å². The fourth-order valence-corrected chi connectivity index (χ4v) is 2.11. The Morgan fingerprint density at radius 1 is 1.60 bits per heavy atom. The fraction of sp³-hybridized carbons (Fsp3) is 0.571. The highest BCUT2D eigenvalue weighted by atomic mass is 16.5. The number of pyridine rings is 1. The number of morpholine rings is 1. The number of aliphatic hydroxyl groups is 1. The van der Waals surface area contributed by atoms with E-state index in [1.165, 1.54) is 0 Å². The molecule has 1 saturated heterocycles. The van der Waals surface area contributed by atoms with E-state index < -0.39 is 0 Å². The average Bonchev–Trinajstić information content (AvgIpc) is 2.52. The van der Waals surface area contributed by atoms with Gasteiger partial charge in [-0.05, 0) is 18.6 Å². The minimum absolute atomic E-state index is 0.0954. The SMILES string of the molecule is CCCNc1ccc(C(=O)N2CCOCC2CO)nc1. The number of aliphatic hydroxyl groups excluding tert-OH is 1. The van der Waals surface area contributed by atoms with Crippen molar-refractivity contribution in [3.63, 3.8) is 0 Å². The third kappa shape index (κ3) is 3.46. The second-order valence-electron chi connectivity index (χ2n) is 4.77. The summed E-state index contributed by atoms with van der Waals surface area (Å²) in [6, 6.07) is 3.28. The first-order valence-corrected chi connectivity index (χ1v) is 6.95. The summed E-state index contributed by atoms with van der Waals surface area (Å²) in [5, 5.41) is 12.5. The summed E-state index contributed by atoms with van der Waals surface area (Å²) in [5.74, 6) is -0.158. The molecule has 110 valence electrons. The van der Waals surface area contributed by atoms with Gasteiger partial charge in [-0.25, -0.2) is 4.98 Å². The summed E-state index contributed by atoms with van der Waals surface area (Å²) >= 11 is 0. The van der Waals surface area contributed by atoms with Gasteiger partial charge in [-0.1, -0.05) is 6.92 Å². The Balaban J connectivity index is 2.04. The standard InChI is InChI=1S/C14H21N3O3/c1-2-5-15-11-3-4-13(16-8-11)14(19)17-6-7-20-10-12(17)9-18/h3-4,8,12,15,18H,2,5-7,9-10H2,1H3. The van der Waals surface area contributed by atoms with Gasteiger partial charge < -0.3 is 20.1 Å². The maximum atomic E-state index is 12.4. The van der Waals surface area contributed by atoms with E-state index in [9.17, 15) is 9.90 Å². The van der Waals surface area contributed by atoms with Crippen LogP contribution in [0, 0.1) is 0 Å². The van der Waals surface area contributed by atoms with Gasteiger partial charge in [-0.2, -0.15) is 0 Å². The average molecular weight is 279 g/mol.